The zero-order chi connectivity index (χ0) is 49.7. The lowest BCUT2D eigenvalue weighted by molar-refractivity contribution is -0.163. The lowest BCUT2D eigenvalue weighted by Crippen LogP contribution is -2.60. The molecule has 3 N–H and O–H groups in total. The van der Waals surface area contributed by atoms with Crippen LogP contribution in [0.3, 0.4) is 0 Å². The monoisotopic (exact) mass is 922 g/mol. The summed E-state index contributed by atoms with van der Waals surface area (Å²) >= 11 is 0. The number of nitrogens with one attached hydrogen (secondary N) is 3. The van der Waals surface area contributed by atoms with Gasteiger partial charge in [0, 0.05) is 34.0 Å². The standard InChI is InChI=1S/C51H83N7O8/c1-13-15-21-35(7)31-40-48(62)56(10)37(9)51(65)66-44(25-20-28-52)47(61)55-41(32-36(8)22-16-14-2)50(64)58(12)43(30-34(5)6)46(60)53-39(29-33(3)4)49(63)57(11)42(45(59)54-40)27-26-38-23-18-17-19-24-38/h17-19,23-24,33-37,39-44H,13-16,20-22,25-27,29-32H2,1-12H3,(H,53,60)(H,54,59)(H,55,61)/t35-,36-,37+,39+,40+,41+,42+,43+,44-/m1/s1. The minimum atomic E-state index is -1.48. The Morgan fingerprint density at radius 3 is 1.56 bits per heavy atom. The predicted molar refractivity (Wildman–Crippen MR) is 256 cm³/mol. The van der Waals surface area contributed by atoms with E-state index in [2.05, 4.69) is 29.8 Å². The highest BCUT2D eigenvalue weighted by Crippen LogP contribution is 2.22. The molecule has 6 amide bonds. The molecule has 15 heteroatoms. The van der Waals surface area contributed by atoms with Gasteiger partial charge in [-0.2, -0.15) is 5.26 Å². The summed E-state index contributed by atoms with van der Waals surface area (Å²) < 4.78 is 5.80. The van der Waals surface area contributed by atoms with Gasteiger partial charge in [0.1, 0.15) is 36.3 Å². The van der Waals surface area contributed by atoms with Crippen molar-refractivity contribution in [3.8, 4) is 6.07 Å². The van der Waals surface area contributed by atoms with Crippen molar-refractivity contribution in [1.29, 1.82) is 5.26 Å². The molecular weight excluding hydrogens is 839 g/mol. The van der Waals surface area contributed by atoms with Crippen molar-refractivity contribution in [3.05, 3.63) is 35.9 Å². The van der Waals surface area contributed by atoms with Gasteiger partial charge in [0.05, 0.1) is 6.07 Å². The molecule has 1 aromatic rings. The number of unbranched alkanes of at least 4 members (excludes halogenated alkanes) is 2. The summed E-state index contributed by atoms with van der Waals surface area (Å²) in [7, 11) is 4.48. The van der Waals surface area contributed by atoms with Crippen LogP contribution >= 0.6 is 0 Å². The Bertz CT molecular complexity index is 1770. The molecule has 1 heterocycles. The zero-order valence-electron chi connectivity index (χ0n) is 42.2. The number of ether oxygens (including phenoxy) is 1. The molecule has 0 bridgehead atoms. The third-order valence-electron chi connectivity index (χ3n) is 12.7. The number of esters is 1. The number of rotatable bonds is 19. The molecule has 2 rings (SSSR count). The first-order chi connectivity index (χ1) is 31.2. The van der Waals surface area contributed by atoms with E-state index < -0.39 is 83.8 Å². The molecule has 1 saturated heterocycles. The Kier molecular flexibility index (Phi) is 25.0. The molecule has 1 aliphatic heterocycles. The molecule has 0 aliphatic carbocycles. The average molecular weight is 922 g/mol. The van der Waals surface area contributed by atoms with Crippen LogP contribution in [0, 0.1) is 35.0 Å². The molecule has 0 spiro atoms. The Labute approximate surface area is 395 Å². The predicted octanol–water partition coefficient (Wildman–Crippen LogP) is 6.33. The molecule has 0 unspecified atom stereocenters. The van der Waals surface area contributed by atoms with Crippen molar-refractivity contribution >= 4 is 41.4 Å². The fourth-order valence-corrected chi connectivity index (χ4v) is 8.49. The molecule has 370 valence electrons. The van der Waals surface area contributed by atoms with E-state index in [-0.39, 0.29) is 68.6 Å². The number of hydrogen-bond donors (Lipinski definition) is 3. The van der Waals surface area contributed by atoms with Crippen molar-refractivity contribution in [2.75, 3.05) is 21.1 Å². The lowest BCUT2D eigenvalue weighted by atomic mass is 9.94. The van der Waals surface area contributed by atoms with Crippen LogP contribution < -0.4 is 16.0 Å². The first-order valence-electron chi connectivity index (χ1n) is 24.5. The van der Waals surface area contributed by atoms with Crippen LogP contribution in [0.2, 0.25) is 0 Å². The van der Waals surface area contributed by atoms with Gasteiger partial charge in [0.15, 0.2) is 6.10 Å². The Morgan fingerprint density at radius 1 is 0.621 bits per heavy atom. The first kappa shape index (κ1) is 57.1. The maximum atomic E-state index is 14.8. The first-order valence-corrected chi connectivity index (χ1v) is 24.5. The van der Waals surface area contributed by atoms with Gasteiger partial charge in [0.25, 0.3) is 5.91 Å². The molecule has 9 atom stereocenters. The molecule has 0 saturated carbocycles. The quantitative estimate of drug-likeness (QED) is 0.133. The normalized spacial score (nSPS) is 24.6. The van der Waals surface area contributed by atoms with Gasteiger partial charge in [-0.15, -0.1) is 0 Å². The number of nitrogens with zero attached hydrogens (tertiary/aromatic N) is 4. The van der Waals surface area contributed by atoms with Crippen molar-refractivity contribution in [2.45, 2.75) is 195 Å². The fourth-order valence-electron chi connectivity index (χ4n) is 8.49. The van der Waals surface area contributed by atoms with Crippen LogP contribution in [0.1, 0.15) is 151 Å². The molecule has 1 aromatic carbocycles. The SMILES string of the molecule is CCCC[C@@H](C)C[C@@H]1NC(=O)[C@H](CCc2ccccc2)N(C)C(=O)[C@H](CC(C)C)NC(=O)[C@H](CC(C)C)N(C)C(=O)[C@H](C[C@H](C)CCCC)NC(=O)[C@@H](CCC#N)OC(=O)[C@H](C)N(C)C1=O. The van der Waals surface area contributed by atoms with Crippen molar-refractivity contribution in [3.63, 3.8) is 0 Å². The van der Waals surface area contributed by atoms with Crippen molar-refractivity contribution in [1.82, 2.24) is 30.7 Å². The second-order valence-corrected chi connectivity index (χ2v) is 19.6. The molecule has 15 nitrogen and oxygen atoms in total. The van der Waals surface area contributed by atoms with Crippen LogP contribution in [0.15, 0.2) is 30.3 Å². The van der Waals surface area contributed by atoms with E-state index in [4.69, 9.17) is 4.74 Å². The van der Waals surface area contributed by atoms with Crippen molar-refractivity contribution in [2.24, 2.45) is 23.7 Å². The Morgan fingerprint density at radius 2 is 1.08 bits per heavy atom. The topological polar surface area (TPSA) is 198 Å². The van der Waals surface area contributed by atoms with Crippen LogP contribution in [0.25, 0.3) is 0 Å². The highest BCUT2D eigenvalue weighted by atomic mass is 16.5. The smallest absolute Gasteiger partial charge is 0.329 e. The van der Waals surface area contributed by atoms with Crippen LogP contribution in [0.5, 0.6) is 0 Å². The second-order valence-electron chi connectivity index (χ2n) is 19.6. The molecule has 0 radical (unpaired) electrons. The number of benzene rings is 1. The van der Waals surface area contributed by atoms with Gasteiger partial charge in [-0.1, -0.05) is 124 Å². The summed E-state index contributed by atoms with van der Waals surface area (Å²) in [5.74, 6) is -4.58. The molecular formula is C51H83N7O8. The molecule has 1 fully saturated rings. The minimum Gasteiger partial charge on any atom is -0.451 e. The van der Waals surface area contributed by atoms with E-state index in [1.54, 1.807) is 0 Å². The molecule has 66 heavy (non-hydrogen) atoms. The zero-order valence-corrected chi connectivity index (χ0v) is 42.2. The number of carbonyl (C=O) groups is 7. The summed E-state index contributed by atoms with van der Waals surface area (Å²) in [6.07, 6.45) is 4.98. The van der Waals surface area contributed by atoms with E-state index in [9.17, 15) is 38.8 Å². The lowest BCUT2D eigenvalue weighted by Gasteiger charge is -2.35. The second kappa shape index (κ2) is 28.9. The number of hydrogen-bond acceptors (Lipinski definition) is 9. The number of amides is 6. The third-order valence-corrected chi connectivity index (χ3v) is 12.7. The number of aryl methyl sites for hydroxylation is 1. The van der Waals surface area contributed by atoms with Gasteiger partial charge in [-0.25, -0.2) is 4.79 Å². The van der Waals surface area contributed by atoms with Crippen LogP contribution in [-0.4, -0.2) is 120 Å². The average Bonchev–Trinajstić information content (AvgIpc) is 3.28. The summed E-state index contributed by atoms with van der Waals surface area (Å²) in [4.78, 5) is 105. The summed E-state index contributed by atoms with van der Waals surface area (Å²) in [5, 5.41) is 18.3. The maximum absolute atomic E-state index is 14.8. The highest BCUT2D eigenvalue weighted by molar-refractivity contribution is 5.97. The van der Waals surface area contributed by atoms with Gasteiger partial charge < -0.3 is 35.4 Å². The van der Waals surface area contributed by atoms with Crippen LogP contribution in [-0.2, 0) is 44.7 Å². The molecule has 0 aromatic heterocycles. The summed E-state index contributed by atoms with van der Waals surface area (Å²) in [5.41, 5.74) is 0.941. The van der Waals surface area contributed by atoms with E-state index in [1.807, 2.05) is 77.9 Å². The maximum Gasteiger partial charge on any atom is 0.329 e. The van der Waals surface area contributed by atoms with E-state index in [0.29, 0.717) is 6.42 Å². The Balaban J connectivity index is 2.89. The Hall–Kier alpha value is -5.00. The minimum absolute atomic E-state index is 0.00609. The number of likely N-dealkylation sites (N-methyl/N-ethyl adjacent to an activating group) is 3. The van der Waals surface area contributed by atoms with Gasteiger partial charge in [-0.3, -0.25) is 28.8 Å². The van der Waals surface area contributed by atoms with Gasteiger partial charge in [-0.05, 0) is 74.7 Å². The van der Waals surface area contributed by atoms with Gasteiger partial charge >= 0.3 is 5.97 Å². The summed E-state index contributed by atoms with van der Waals surface area (Å²) in [6, 6.07) is 4.90. The highest BCUT2D eigenvalue weighted by Gasteiger charge is 2.40. The largest absolute Gasteiger partial charge is 0.451 e. The van der Waals surface area contributed by atoms with E-state index in [0.717, 1.165) is 44.1 Å². The fraction of sp³-hybridized carbons (Fsp3) is 0.725. The van der Waals surface area contributed by atoms with E-state index >= 15 is 0 Å². The number of carbonyl (C=O) groups excluding carboxylic acids is 7. The number of nitriles is 1. The molecule has 1 aliphatic rings. The van der Waals surface area contributed by atoms with Gasteiger partial charge in [0.2, 0.25) is 29.5 Å². The third kappa shape index (κ3) is 18.4. The van der Waals surface area contributed by atoms with E-state index in [1.165, 1.54) is 42.8 Å². The van der Waals surface area contributed by atoms with Crippen LogP contribution in [0.4, 0.5) is 0 Å². The summed E-state index contributed by atoms with van der Waals surface area (Å²) in [6.45, 7) is 17.3. The van der Waals surface area contributed by atoms with Crippen molar-refractivity contribution < 1.29 is 38.3 Å². The number of cyclic esters (lactones) is 1.